The molecule has 2 N–H and O–H groups in total. The number of benzene rings is 1. The first-order chi connectivity index (χ1) is 9.54. The second-order valence-corrected chi connectivity index (χ2v) is 5.73. The number of nitro groups is 1. The van der Waals surface area contributed by atoms with Crippen LogP contribution in [0.1, 0.15) is 32.1 Å². The molecule has 2 fully saturated rings. The zero-order chi connectivity index (χ0) is 14.3. The quantitative estimate of drug-likeness (QED) is 0.682. The number of hydrogen-bond acceptors (Lipinski definition) is 4. The summed E-state index contributed by atoms with van der Waals surface area (Å²) in [7, 11) is 0. The van der Waals surface area contributed by atoms with Crippen molar-refractivity contribution in [2.75, 3.05) is 0 Å². The minimum absolute atomic E-state index is 0.0563. The van der Waals surface area contributed by atoms with Crippen molar-refractivity contribution in [3.05, 3.63) is 34.1 Å². The van der Waals surface area contributed by atoms with Crippen molar-refractivity contribution < 1.29 is 14.1 Å². The van der Waals surface area contributed by atoms with Crippen LogP contribution in [0.2, 0.25) is 0 Å². The van der Waals surface area contributed by atoms with E-state index < -0.39 is 10.7 Å². The maximum absolute atomic E-state index is 13.8. The average molecular weight is 280 g/mol. The summed E-state index contributed by atoms with van der Waals surface area (Å²) in [6.45, 7) is 0. The third-order valence-corrected chi connectivity index (χ3v) is 4.79. The first-order valence-electron chi connectivity index (χ1n) is 6.90. The van der Waals surface area contributed by atoms with Crippen molar-refractivity contribution >= 4 is 5.69 Å². The van der Waals surface area contributed by atoms with Crippen LogP contribution in [-0.4, -0.2) is 17.1 Å². The van der Waals surface area contributed by atoms with Crippen LogP contribution in [0.3, 0.4) is 0 Å². The van der Waals surface area contributed by atoms with Gasteiger partial charge in [0.25, 0.3) is 0 Å². The number of nitro benzene ring substituents is 1. The molecule has 0 saturated heterocycles. The highest BCUT2D eigenvalue weighted by Crippen LogP contribution is 2.54. The largest absolute Gasteiger partial charge is 0.481 e. The zero-order valence-electron chi connectivity index (χ0n) is 11.0. The summed E-state index contributed by atoms with van der Waals surface area (Å²) in [6, 6.07) is 3.82. The summed E-state index contributed by atoms with van der Waals surface area (Å²) < 4.78 is 19.5. The highest BCUT2D eigenvalue weighted by Gasteiger charge is 2.56. The second kappa shape index (κ2) is 4.70. The Labute approximate surface area is 116 Å². The van der Waals surface area contributed by atoms with Gasteiger partial charge in [-0.1, -0.05) is 18.9 Å². The van der Waals surface area contributed by atoms with E-state index in [2.05, 4.69) is 0 Å². The van der Waals surface area contributed by atoms with Crippen LogP contribution >= 0.6 is 0 Å². The minimum Gasteiger partial charge on any atom is -0.481 e. The molecule has 1 spiro atoms. The molecule has 5 nitrogen and oxygen atoms in total. The monoisotopic (exact) mass is 280 g/mol. The predicted octanol–water partition coefficient (Wildman–Crippen LogP) is 2.77. The number of para-hydroxylation sites is 1. The van der Waals surface area contributed by atoms with Gasteiger partial charge < -0.3 is 10.5 Å². The summed E-state index contributed by atoms with van der Waals surface area (Å²) in [6.07, 6.45) is 4.52. The number of rotatable bonds is 3. The molecule has 1 aromatic carbocycles. The number of nitrogens with two attached hydrogens (primary N) is 1. The molecule has 2 aliphatic rings. The van der Waals surface area contributed by atoms with E-state index in [0.717, 1.165) is 25.7 Å². The van der Waals surface area contributed by atoms with Gasteiger partial charge in [-0.2, -0.15) is 0 Å². The third kappa shape index (κ3) is 1.86. The molecule has 0 aromatic heterocycles. The van der Waals surface area contributed by atoms with E-state index in [0.29, 0.717) is 6.42 Å². The standard InChI is InChI=1S/C14H17FN2O3/c15-9-4-3-5-10(17(18)19)13(9)20-12-8-11(16)14(12)6-1-2-7-14/h3-5,11-12H,1-2,6-8,16H2. The molecule has 0 aliphatic heterocycles. The number of halogens is 1. The van der Waals surface area contributed by atoms with Gasteiger partial charge in [0.05, 0.1) is 4.92 Å². The SMILES string of the molecule is NC1CC(Oc2c(F)cccc2[N+](=O)[O-])C12CCCC2. The molecular formula is C14H17FN2O3. The maximum atomic E-state index is 13.8. The topological polar surface area (TPSA) is 78.4 Å². The Hall–Kier alpha value is -1.69. The van der Waals surface area contributed by atoms with Gasteiger partial charge in [-0.05, 0) is 18.9 Å². The first kappa shape index (κ1) is 13.3. The molecule has 2 unspecified atom stereocenters. The van der Waals surface area contributed by atoms with E-state index in [4.69, 9.17) is 10.5 Å². The van der Waals surface area contributed by atoms with Gasteiger partial charge in [0.1, 0.15) is 6.10 Å². The number of ether oxygens (including phenoxy) is 1. The Morgan fingerprint density at radius 1 is 1.40 bits per heavy atom. The maximum Gasteiger partial charge on any atom is 0.314 e. The lowest BCUT2D eigenvalue weighted by Gasteiger charge is -2.51. The molecule has 0 heterocycles. The summed E-state index contributed by atoms with van der Waals surface area (Å²) in [5.74, 6) is -0.937. The number of nitrogens with zero attached hydrogens (tertiary/aromatic N) is 1. The molecule has 2 atom stereocenters. The van der Waals surface area contributed by atoms with Gasteiger partial charge in [-0.15, -0.1) is 0 Å². The van der Waals surface area contributed by atoms with Crippen molar-refractivity contribution in [3.63, 3.8) is 0 Å². The minimum atomic E-state index is -0.687. The summed E-state index contributed by atoms with van der Waals surface area (Å²) in [5, 5.41) is 11.0. The van der Waals surface area contributed by atoms with Crippen LogP contribution in [0.25, 0.3) is 0 Å². The van der Waals surface area contributed by atoms with E-state index in [1.54, 1.807) is 0 Å². The fraction of sp³-hybridized carbons (Fsp3) is 0.571. The van der Waals surface area contributed by atoms with Crippen molar-refractivity contribution in [2.24, 2.45) is 11.1 Å². The van der Waals surface area contributed by atoms with Gasteiger partial charge in [-0.25, -0.2) is 4.39 Å². The van der Waals surface area contributed by atoms with Crippen LogP contribution < -0.4 is 10.5 Å². The second-order valence-electron chi connectivity index (χ2n) is 5.73. The van der Waals surface area contributed by atoms with Gasteiger partial charge in [0.15, 0.2) is 5.82 Å². The Balaban J connectivity index is 1.87. The van der Waals surface area contributed by atoms with Gasteiger partial charge >= 0.3 is 5.69 Å². The lowest BCUT2D eigenvalue weighted by atomic mass is 9.61. The Bertz CT molecular complexity index is 543. The van der Waals surface area contributed by atoms with Crippen molar-refractivity contribution in [1.82, 2.24) is 0 Å². The zero-order valence-corrected chi connectivity index (χ0v) is 11.0. The van der Waals surface area contributed by atoms with E-state index in [9.17, 15) is 14.5 Å². The predicted molar refractivity (Wildman–Crippen MR) is 71.0 cm³/mol. The van der Waals surface area contributed by atoms with Crippen LogP contribution in [0.5, 0.6) is 5.75 Å². The van der Waals surface area contributed by atoms with Crippen LogP contribution in [0.15, 0.2) is 18.2 Å². The molecule has 6 heteroatoms. The van der Waals surface area contributed by atoms with Crippen LogP contribution in [0.4, 0.5) is 10.1 Å². The molecule has 3 rings (SSSR count). The summed E-state index contributed by atoms with van der Waals surface area (Å²) >= 11 is 0. The lowest BCUT2D eigenvalue weighted by Crippen LogP contribution is -2.62. The Kier molecular flexibility index (Phi) is 3.12. The smallest absolute Gasteiger partial charge is 0.314 e. The number of hydrogen-bond donors (Lipinski definition) is 1. The van der Waals surface area contributed by atoms with E-state index in [1.165, 1.54) is 18.2 Å². The lowest BCUT2D eigenvalue weighted by molar-refractivity contribution is -0.386. The summed E-state index contributed by atoms with van der Waals surface area (Å²) in [4.78, 5) is 10.4. The molecule has 108 valence electrons. The average Bonchev–Trinajstić information content (AvgIpc) is 2.92. The van der Waals surface area contributed by atoms with Gasteiger partial charge in [0.2, 0.25) is 5.75 Å². The van der Waals surface area contributed by atoms with E-state index in [-0.39, 0.29) is 29.0 Å². The molecular weight excluding hydrogens is 263 g/mol. The Morgan fingerprint density at radius 2 is 2.10 bits per heavy atom. The van der Waals surface area contributed by atoms with Crippen molar-refractivity contribution in [2.45, 2.75) is 44.2 Å². The normalized spacial score (nSPS) is 27.3. The fourth-order valence-corrected chi connectivity index (χ4v) is 3.57. The van der Waals surface area contributed by atoms with Crippen LogP contribution in [0, 0.1) is 21.3 Å². The highest BCUT2D eigenvalue weighted by molar-refractivity contribution is 5.47. The molecule has 1 aromatic rings. The Morgan fingerprint density at radius 3 is 2.70 bits per heavy atom. The van der Waals surface area contributed by atoms with Crippen molar-refractivity contribution in [3.8, 4) is 5.75 Å². The van der Waals surface area contributed by atoms with E-state index >= 15 is 0 Å². The molecule has 20 heavy (non-hydrogen) atoms. The fourth-order valence-electron chi connectivity index (χ4n) is 3.57. The van der Waals surface area contributed by atoms with Gasteiger partial charge in [-0.3, -0.25) is 10.1 Å². The third-order valence-electron chi connectivity index (χ3n) is 4.79. The molecule has 0 bridgehead atoms. The molecule has 2 saturated carbocycles. The molecule has 0 radical (unpaired) electrons. The highest BCUT2D eigenvalue weighted by atomic mass is 19.1. The van der Waals surface area contributed by atoms with Crippen LogP contribution in [-0.2, 0) is 0 Å². The molecule has 0 amide bonds. The van der Waals surface area contributed by atoms with E-state index in [1.807, 2.05) is 0 Å². The summed E-state index contributed by atoms with van der Waals surface area (Å²) in [5.41, 5.74) is 5.66. The first-order valence-corrected chi connectivity index (χ1v) is 6.90. The van der Waals surface area contributed by atoms with Gasteiger partial charge in [0, 0.05) is 23.9 Å². The van der Waals surface area contributed by atoms with Crippen molar-refractivity contribution in [1.29, 1.82) is 0 Å². The molecule has 2 aliphatic carbocycles.